The van der Waals surface area contributed by atoms with Crippen molar-refractivity contribution in [1.29, 1.82) is 0 Å². The average Bonchev–Trinajstić information content (AvgIpc) is 2.71. The lowest BCUT2D eigenvalue weighted by atomic mass is 10.1. The van der Waals surface area contributed by atoms with Gasteiger partial charge in [0.1, 0.15) is 0 Å². The fourth-order valence-corrected chi connectivity index (χ4v) is 2.48. The first-order valence-corrected chi connectivity index (χ1v) is 10.4. The summed E-state index contributed by atoms with van der Waals surface area (Å²) in [6.45, 7) is 0. The van der Waals surface area contributed by atoms with Crippen LogP contribution < -0.4 is 5.73 Å². The van der Waals surface area contributed by atoms with Gasteiger partial charge in [-0.05, 0) is 41.4 Å². The Morgan fingerprint density at radius 1 is 0.800 bits per heavy atom. The molecule has 0 bridgehead atoms. The number of carbonyl (C=O) groups is 2. The Hall–Kier alpha value is -0.830. The maximum atomic E-state index is 11.0. The first-order chi connectivity index (χ1) is 13.6. The van der Waals surface area contributed by atoms with Gasteiger partial charge < -0.3 is 5.73 Å². The minimum atomic E-state index is -0.508. The molecule has 0 amide bonds. The molecule has 0 saturated heterocycles. The van der Waals surface area contributed by atoms with Crippen molar-refractivity contribution < 1.29 is 9.59 Å². The third-order valence-electron chi connectivity index (χ3n) is 2.69. The van der Waals surface area contributed by atoms with Crippen LogP contribution in [0.3, 0.4) is 0 Å². The molecule has 2 aromatic rings. The minimum absolute atomic E-state index is 0. The highest BCUT2D eigenvalue weighted by Crippen LogP contribution is 2.26. The number of terminal acetylenes is 1. The summed E-state index contributed by atoms with van der Waals surface area (Å²) in [5.74, 6) is -0.194. The quantitative estimate of drug-likeness (QED) is 0.182. The summed E-state index contributed by atoms with van der Waals surface area (Å²) < 4.78 is 0. The molecule has 0 heterocycles. The van der Waals surface area contributed by atoms with E-state index in [1.54, 1.807) is 36.4 Å². The lowest BCUT2D eigenvalue weighted by Crippen LogP contribution is -2.04. The van der Waals surface area contributed by atoms with E-state index >= 15 is 0 Å². The van der Waals surface area contributed by atoms with E-state index < -0.39 is 5.24 Å². The molecule has 0 atom stereocenters. The van der Waals surface area contributed by atoms with Crippen LogP contribution in [0.4, 0.5) is 5.69 Å². The van der Waals surface area contributed by atoms with Gasteiger partial charge in [0.2, 0.25) is 5.24 Å². The molecule has 0 spiro atoms. The molecule has 0 fully saturated rings. The number of alkyl halides is 2. The number of nitrogen functional groups attached to an aromatic ring is 1. The van der Waals surface area contributed by atoms with Gasteiger partial charge in [0.05, 0.1) is 27.5 Å². The summed E-state index contributed by atoms with van der Waals surface area (Å²) in [5, 5.41) is 1.51. The number of para-hydroxylation sites is 1. The number of carbonyl (C=O) groups excluding carboxylic acids is 2. The standard InChI is InChI=1S/C9H7Cl3O.C6H5Cl2N.C2H2Cl2O.C2H2.CH4/c10-5-6(13)4-7-8(11)2-1-3-9(7)12;7-4-2-1-3-5(8)6(4)9;3-1-2(4)5;1-2;/h1-3H,4-5H2;1-3H,9H2;1H2;1-2H;1H4. The highest BCUT2D eigenvalue weighted by molar-refractivity contribution is 6.67. The minimum Gasteiger partial charge on any atom is -0.396 e. The van der Waals surface area contributed by atoms with Crippen LogP contribution in [0.1, 0.15) is 13.0 Å². The van der Waals surface area contributed by atoms with E-state index in [1.807, 2.05) is 0 Å². The van der Waals surface area contributed by atoms with Gasteiger partial charge in [-0.15, -0.1) is 36.0 Å². The zero-order chi connectivity index (χ0) is 23.0. The maximum Gasteiger partial charge on any atom is 0.236 e. The second kappa shape index (κ2) is 20.1. The lowest BCUT2D eigenvalue weighted by molar-refractivity contribution is -0.116. The van der Waals surface area contributed by atoms with Crippen molar-refractivity contribution in [3.8, 4) is 12.8 Å². The SMILES string of the molecule is C.C#C.Nc1c(Cl)cccc1Cl.O=C(CCl)Cc1c(Cl)cccc1Cl.O=C(Cl)CCl. The number of nitrogens with two attached hydrogens (primary N) is 1. The van der Waals surface area contributed by atoms with Gasteiger partial charge in [-0.25, -0.2) is 0 Å². The molecule has 0 radical (unpaired) electrons. The molecule has 0 aliphatic carbocycles. The molecule has 10 heteroatoms. The molecule has 0 saturated carbocycles. The second-order valence-corrected chi connectivity index (χ2v) is 7.26. The molecule has 2 N–H and O–H groups in total. The molecule has 166 valence electrons. The van der Waals surface area contributed by atoms with Crippen LogP contribution in [0.15, 0.2) is 36.4 Å². The topological polar surface area (TPSA) is 60.2 Å². The maximum absolute atomic E-state index is 11.0. The van der Waals surface area contributed by atoms with Crippen molar-refractivity contribution in [3.63, 3.8) is 0 Å². The second-order valence-electron chi connectivity index (χ2n) is 4.67. The van der Waals surface area contributed by atoms with Crippen molar-refractivity contribution in [2.75, 3.05) is 17.5 Å². The predicted octanol–water partition coefficient (Wildman–Crippen LogP) is 7.80. The normalized spacial score (nSPS) is 8.57. The molecule has 2 aromatic carbocycles. The highest BCUT2D eigenvalue weighted by atomic mass is 35.5. The number of hydrogen-bond acceptors (Lipinski definition) is 3. The number of Topliss-reactive ketones (excluding diaryl/α,β-unsaturated/α-hetero) is 1. The van der Waals surface area contributed by atoms with Crippen molar-refractivity contribution in [2.24, 2.45) is 0 Å². The molecule has 0 aromatic heterocycles. The van der Waals surface area contributed by atoms with E-state index in [2.05, 4.69) is 12.8 Å². The molecular weight excluding hydrogens is 534 g/mol. The van der Waals surface area contributed by atoms with Gasteiger partial charge in [0.25, 0.3) is 0 Å². The van der Waals surface area contributed by atoms with Crippen molar-refractivity contribution in [3.05, 3.63) is 62.1 Å². The van der Waals surface area contributed by atoms with Gasteiger partial charge in [-0.2, -0.15) is 0 Å². The molecule has 0 aliphatic heterocycles. The Bertz CT molecular complexity index is 770. The molecule has 2 rings (SSSR count). The van der Waals surface area contributed by atoms with E-state index in [0.717, 1.165) is 0 Å². The Balaban J connectivity index is -0.000000375. The van der Waals surface area contributed by atoms with E-state index in [0.29, 0.717) is 31.3 Å². The van der Waals surface area contributed by atoms with Gasteiger partial charge >= 0.3 is 0 Å². The summed E-state index contributed by atoms with van der Waals surface area (Å²) in [5.41, 5.74) is 6.51. The number of ketones is 1. The number of halogens is 7. The van der Waals surface area contributed by atoms with Crippen LogP contribution in [0.2, 0.25) is 20.1 Å². The van der Waals surface area contributed by atoms with Gasteiger partial charge in [0.15, 0.2) is 5.78 Å². The van der Waals surface area contributed by atoms with E-state index in [-0.39, 0.29) is 31.4 Å². The Kier molecular flexibility index (Phi) is 22.6. The summed E-state index contributed by atoms with van der Waals surface area (Å²) in [6, 6.07) is 10.3. The van der Waals surface area contributed by atoms with Crippen LogP contribution in [0, 0.1) is 12.8 Å². The zero-order valence-corrected chi connectivity index (χ0v) is 20.1. The van der Waals surface area contributed by atoms with E-state index in [1.165, 1.54) is 0 Å². The monoisotopic (exact) mass is 551 g/mol. The summed E-state index contributed by atoms with van der Waals surface area (Å²) in [4.78, 5) is 20.5. The van der Waals surface area contributed by atoms with Crippen LogP contribution in [0.25, 0.3) is 0 Å². The summed E-state index contributed by atoms with van der Waals surface area (Å²) >= 11 is 37.8. The molecule has 30 heavy (non-hydrogen) atoms. The number of hydrogen-bond donors (Lipinski definition) is 1. The predicted molar refractivity (Wildman–Crippen MR) is 135 cm³/mol. The van der Waals surface area contributed by atoms with Crippen LogP contribution in [-0.2, 0) is 16.0 Å². The fourth-order valence-electron chi connectivity index (χ4n) is 1.46. The smallest absolute Gasteiger partial charge is 0.236 e. The fraction of sp³-hybridized carbons (Fsp3) is 0.200. The average molecular weight is 555 g/mol. The van der Waals surface area contributed by atoms with E-state index in [9.17, 15) is 9.59 Å². The van der Waals surface area contributed by atoms with Crippen molar-refractivity contribution in [1.82, 2.24) is 0 Å². The molecule has 0 aliphatic rings. The Morgan fingerprint density at radius 2 is 1.13 bits per heavy atom. The number of anilines is 1. The molecular formula is C20H20Cl7NO2. The molecule has 3 nitrogen and oxygen atoms in total. The third kappa shape index (κ3) is 15.0. The summed E-state index contributed by atoms with van der Waals surface area (Å²) in [6.07, 6.45) is 8.20. The largest absolute Gasteiger partial charge is 0.396 e. The number of rotatable bonds is 4. The first kappa shape index (κ1) is 33.8. The van der Waals surface area contributed by atoms with E-state index in [4.69, 9.17) is 86.9 Å². The first-order valence-electron chi connectivity index (χ1n) is 7.41. The van der Waals surface area contributed by atoms with Gasteiger partial charge in [-0.3, -0.25) is 9.59 Å². The summed E-state index contributed by atoms with van der Waals surface area (Å²) in [7, 11) is 0. The van der Waals surface area contributed by atoms with Crippen LogP contribution in [0.5, 0.6) is 0 Å². The molecule has 0 unspecified atom stereocenters. The zero-order valence-electron chi connectivity index (χ0n) is 14.8. The number of benzene rings is 2. The Labute approximate surface area is 212 Å². The Morgan fingerprint density at radius 3 is 1.40 bits per heavy atom. The lowest BCUT2D eigenvalue weighted by Gasteiger charge is -2.03. The highest BCUT2D eigenvalue weighted by Gasteiger charge is 2.09. The van der Waals surface area contributed by atoms with Gasteiger partial charge in [-0.1, -0.05) is 66.0 Å². The van der Waals surface area contributed by atoms with Crippen LogP contribution >= 0.6 is 81.2 Å². The third-order valence-corrected chi connectivity index (χ3v) is 4.87. The van der Waals surface area contributed by atoms with Crippen LogP contribution in [-0.4, -0.2) is 22.8 Å². The van der Waals surface area contributed by atoms with Crippen molar-refractivity contribution in [2.45, 2.75) is 13.8 Å². The van der Waals surface area contributed by atoms with Crippen molar-refractivity contribution >= 4 is 97.9 Å². The van der Waals surface area contributed by atoms with Gasteiger partial charge in [0, 0.05) is 16.5 Å².